The van der Waals surface area contributed by atoms with Crippen LogP contribution in [0.15, 0.2) is 105 Å². The van der Waals surface area contributed by atoms with Gasteiger partial charge in [-0.05, 0) is 76.4 Å². The molecule has 41 heavy (non-hydrogen) atoms. The second kappa shape index (κ2) is 13.7. The molecule has 4 aromatic carbocycles. The topological polar surface area (TPSA) is 97.3 Å². The van der Waals surface area contributed by atoms with Crippen LogP contribution in [-0.4, -0.2) is 34.2 Å². The van der Waals surface area contributed by atoms with Crippen molar-refractivity contribution in [3.05, 3.63) is 117 Å². The first-order valence-electron chi connectivity index (χ1n) is 12.4. The maximum Gasteiger partial charge on any atom is 0.264 e. The highest BCUT2D eigenvalue weighted by atomic mass is 79.9. The van der Waals surface area contributed by atoms with Gasteiger partial charge in [0.2, 0.25) is 0 Å². The number of halogens is 2. The molecule has 1 amide bonds. The average Bonchev–Trinajstić information content (AvgIpc) is 2.96. The van der Waals surface area contributed by atoms with Crippen LogP contribution >= 0.6 is 27.5 Å². The Labute approximate surface area is 252 Å². The summed E-state index contributed by atoms with van der Waals surface area (Å²) in [5, 5.41) is 4.35. The molecule has 0 unspecified atom stereocenters. The van der Waals surface area contributed by atoms with Gasteiger partial charge in [0.15, 0.2) is 11.5 Å². The first-order valence-corrected chi connectivity index (χ1v) is 15.0. The lowest BCUT2D eigenvalue weighted by atomic mass is 10.2. The Hall–Kier alpha value is -3.86. The molecule has 212 valence electrons. The van der Waals surface area contributed by atoms with Crippen LogP contribution in [0.5, 0.6) is 11.5 Å². The lowest BCUT2D eigenvalue weighted by Crippen LogP contribution is -2.39. The van der Waals surface area contributed by atoms with E-state index in [2.05, 4.69) is 26.5 Å². The van der Waals surface area contributed by atoms with Gasteiger partial charge < -0.3 is 9.47 Å². The van der Waals surface area contributed by atoms with Gasteiger partial charge in [0.25, 0.3) is 15.9 Å². The summed E-state index contributed by atoms with van der Waals surface area (Å²) >= 11 is 9.62. The van der Waals surface area contributed by atoms with E-state index in [-0.39, 0.29) is 10.6 Å². The van der Waals surface area contributed by atoms with Gasteiger partial charge in [0.1, 0.15) is 13.2 Å². The van der Waals surface area contributed by atoms with E-state index < -0.39 is 22.5 Å². The molecule has 0 aliphatic heterocycles. The number of aryl methyl sites for hydroxylation is 1. The van der Waals surface area contributed by atoms with Crippen LogP contribution in [0.2, 0.25) is 5.02 Å². The molecule has 0 bridgehead atoms. The summed E-state index contributed by atoms with van der Waals surface area (Å²) in [5.41, 5.74) is 5.43. The second-order valence-corrected chi connectivity index (χ2v) is 12.1. The highest BCUT2D eigenvalue weighted by Crippen LogP contribution is 2.37. The zero-order valence-corrected chi connectivity index (χ0v) is 25.4. The number of anilines is 1. The second-order valence-electron chi connectivity index (χ2n) is 8.91. The third-order valence-corrected chi connectivity index (χ3v) is 8.49. The van der Waals surface area contributed by atoms with Gasteiger partial charge >= 0.3 is 0 Å². The molecule has 0 aliphatic rings. The SMILES string of the molecule is COc1cc(/C=N\NC(=O)CN(c2cccc(Cl)c2)S(=O)(=O)c2ccccc2)cc(Br)c1OCc1ccc(C)cc1. The maximum absolute atomic E-state index is 13.4. The zero-order valence-electron chi connectivity index (χ0n) is 22.3. The zero-order chi connectivity index (χ0) is 29.4. The van der Waals surface area contributed by atoms with Crippen molar-refractivity contribution in [2.75, 3.05) is 18.0 Å². The van der Waals surface area contributed by atoms with Gasteiger partial charge in [-0.1, -0.05) is 65.7 Å². The van der Waals surface area contributed by atoms with Crippen LogP contribution in [0, 0.1) is 6.92 Å². The van der Waals surface area contributed by atoms with Gasteiger partial charge in [-0.15, -0.1) is 0 Å². The summed E-state index contributed by atoms with van der Waals surface area (Å²) in [6.45, 7) is 1.86. The predicted molar refractivity (Wildman–Crippen MR) is 164 cm³/mol. The molecule has 1 N–H and O–H groups in total. The number of ether oxygens (including phenoxy) is 2. The van der Waals surface area contributed by atoms with E-state index in [1.165, 1.54) is 37.1 Å². The molecule has 4 rings (SSSR count). The minimum atomic E-state index is -4.07. The Morgan fingerprint density at radius 1 is 1.02 bits per heavy atom. The maximum atomic E-state index is 13.4. The van der Waals surface area contributed by atoms with Crippen molar-refractivity contribution in [1.29, 1.82) is 0 Å². The minimum absolute atomic E-state index is 0.0397. The molecule has 4 aromatic rings. The van der Waals surface area contributed by atoms with Crippen LogP contribution in [0.1, 0.15) is 16.7 Å². The summed E-state index contributed by atoms with van der Waals surface area (Å²) in [6.07, 6.45) is 1.42. The smallest absolute Gasteiger partial charge is 0.264 e. The van der Waals surface area contributed by atoms with Crippen molar-refractivity contribution >= 4 is 55.4 Å². The first kappa shape index (κ1) is 30.1. The van der Waals surface area contributed by atoms with Crippen molar-refractivity contribution in [2.24, 2.45) is 5.10 Å². The lowest BCUT2D eigenvalue weighted by Gasteiger charge is -2.23. The summed E-state index contributed by atoms with van der Waals surface area (Å²) in [6, 6.07) is 25.6. The molecular formula is C30H27BrClN3O5S. The van der Waals surface area contributed by atoms with Crippen molar-refractivity contribution in [1.82, 2.24) is 5.43 Å². The molecule has 0 fully saturated rings. The van der Waals surface area contributed by atoms with Gasteiger partial charge in [-0.3, -0.25) is 9.10 Å². The Morgan fingerprint density at radius 2 is 1.76 bits per heavy atom. The number of carbonyl (C=O) groups is 1. The first-order chi connectivity index (χ1) is 19.7. The predicted octanol–water partition coefficient (Wildman–Crippen LogP) is 6.34. The van der Waals surface area contributed by atoms with Gasteiger partial charge in [0.05, 0.1) is 28.4 Å². The summed E-state index contributed by atoms with van der Waals surface area (Å²) < 4.78 is 39.9. The number of hydrazone groups is 1. The number of sulfonamides is 1. The van der Waals surface area contributed by atoms with E-state index in [1.807, 2.05) is 31.2 Å². The summed E-state index contributed by atoms with van der Waals surface area (Å²) in [7, 11) is -2.54. The van der Waals surface area contributed by atoms with E-state index in [4.69, 9.17) is 21.1 Å². The Morgan fingerprint density at radius 3 is 2.44 bits per heavy atom. The fourth-order valence-corrected chi connectivity index (χ4v) is 6.00. The highest BCUT2D eigenvalue weighted by Gasteiger charge is 2.27. The molecule has 0 aromatic heterocycles. The average molecular weight is 657 g/mol. The van der Waals surface area contributed by atoms with Crippen LogP contribution in [-0.2, 0) is 21.4 Å². The van der Waals surface area contributed by atoms with Crippen LogP contribution in [0.25, 0.3) is 0 Å². The number of nitrogens with one attached hydrogen (secondary N) is 1. The molecule has 0 radical (unpaired) electrons. The molecule has 11 heteroatoms. The number of benzene rings is 4. The number of nitrogens with zero attached hydrogens (tertiary/aromatic N) is 2. The normalized spacial score (nSPS) is 11.3. The molecule has 0 atom stereocenters. The third-order valence-electron chi connectivity index (χ3n) is 5.87. The summed E-state index contributed by atoms with van der Waals surface area (Å²) in [5.74, 6) is 0.350. The number of methoxy groups -OCH3 is 1. The van der Waals surface area contributed by atoms with Crippen LogP contribution in [0.3, 0.4) is 0 Å². The third kappa shape index (κ3) is 7.87. The standard InChI is InChI=1S/C30H27BrClN3O5S/c1-21-11-13-22(14-12-21)20-40-30-27(31)15-23(16-28(30)39-2)18-33-34-29(36)19-35(25-8-6-7-24(32)17-25)41(37,38)26-9-4-3-5-10-26/h3-18H,19-20H2,1-2H3,(H,34,36)/b33-18-. The minimum Gasteiger partial charge on any atom is -0.493 e. The Bertz CT molecular complexity index is 1650. The van der Waals surface area contributed by atoms with Crippen molar-refractivity contribution in [3.63, 3.8) is 0 Å². The van der Waals surface area contributed by atoms with Crippen molar-refractivity contribution < 1.29 is 22.7 Å². The van der Waals surface area contributed by atoms with Crippen LogP contribution < -0.4 is 19.2 Å². The lowest BCUT2D eigenvalue weighted by molar-refractivity contribution is -0.119. The highest BCUT2D eigenvalue weighted by molar-refractivity contribution is 9.10. The van der Waals surface area contributed by atoms with Crippen molar-refractivity contribution in [3.8, 4) is 11.5 Å². The number of hydrogen-bond acceptors (Lipinski definition) is 6. The molecule has 0 saturated carbocycles. The fourth-order valence-electron chi connectivity index (χ4n) is 3.80. The molecule has 0 saturated heterocycles. The molecule has 0 heterocycles. The molecule has 8 nitrogen and oxygen atoms in total. The van der Waals surface area contributed by atoms with E-state index >= 15 is 0 Å². The van der Waals surface area contributed by atoms with E-state index in [1.54, 1.807) is 48.5 Å². The van der Waals surface area contributed by atoms with Crippen molar-refractivity contribution in [2.45, 2.75) is 18.4 Å². The Kier molecular flexibility index (Phi) is 10.0. The van der Waals surface area contributed by atoms with Crippen LogP contribution in [0.4, 0.5) is 5.69 Å². The monoisotopic (exact) mass is 655 g/mol. The summed E-state index contributed by atoms with van der Waals surface area (Å²) in [4.78, 5) is 12.9. The quantitative estimate of drug-likeness (QED) is 0.150. The number of carbonyl (C=O) groups excluding carboxylic acids is 1. The molecule has 0 aliphatic carbocycles. The van der Waals surface area contributed by atoms with Gasteiger partial charge in [-0.2, -0.15) is 5.10 Å². The fraction of sp³-hybridized carbons (Fsp3) is 0.133. The molecular weight excluding hydrogens is 630 g/mol. The number of amides is 1. The van der Waals surface area contributed by atoms with E-state index in [0.717, 1.165) is 9.87 Å². The largest absolute Gasteiger partial charge is 0.493 e. The van der Waals surface area contributed by atoms with Gasteiger partial charge in [0, 0.05) is 5.02 Å². The van der Waals surface area contributed by atoms with Gasteiger partial charge in [-0.25, -0.2) is 13.8 Å². The number of rotatable bonds is 11. The Balaban J connectivity index is 1.47. The molecule has 0 spiro atoms. The van der Waals surface area contributed by atoms with E-state index in [9.17, 15) is 13.2 Å². The van der Waals surface area contributed by atoms with E-state index in [0.29, 0.717) is 33.2 Å². The number of hydrogen-bond donors (Lipinski definition) is 1.